The lowest BCUT2D eigenvalue weighted by Gasteiger charge is -2.19. The Labute approximate surface area is 327 Å². The van der Waals surface area contributed by atoms with E-state index in [9.17, 15) is 28.8 Å². The summed E-state index contributed by atoms with van der Waals surface area (Å²) in [6.07, 6.45) is -2.62. The molecule has 11 nitrogen and oxygen atoms in total. The molecule has 0 N–H and O–H groups in total. The molecule has 0 aromatic heterocycles. The smallest absolute Gasteiger partial charge is 0.339 e. The van der Waals surface area contributed by atoms with Crippen LogP contribution in [0.5, 0.6) is 11.5 Å². The van der Waals surface area contributed by atoms with Gasteiger partial charge < -0.3 is 18.9 Å². The minimum atomic E-state index is -1.32. The highest BCUT2D eigenvalue weighted by molar-refractivity contribution is 6.34. The number of hydrogen-bond acceptors (Lipinski definition) is 10. The summed E-state index contributed by atoms with van der Waals surface area (Å²) in [5.41, 5.74) is 1.37. The van der Waals surface area contributed by atoms with Gasteiger partial charge in [0, 0.05) is 22.3 Å². The van der Waals surface area contributed by atoms with Crippen molar-refractivity contribution in [2.45, 2.75) is 12.2 Å². The summed E-state index contributed by atoms with van der Waals surface area (Å²) >= 11 is 0. The van der Waals surface area contributed by atoms with Crippen molar-refractivity contribution in [1.82, 2.24) is 0 Å². The van der Waals surface area contributed by atoms with Gasteiger partial charge in [0.05, 0.1) is 42.2 Å². The van der Waals surface area contributed by atoms with Gasteiger partial charge in [-0.2, -0.15) is 0 Å². The molecule has 57 heavy (non-hydrogen) atoms. The Kier molecular flexibility index (Phi) is 10.8. The van der Waals surface area contributed by atoms with E-state index in [4.69, 9.17) is 18.9 Å². The fourth-order valence-electron chi connectivity index (χ4n) is 6.34. The number of rotatable bonds is 13. The van der Waals surface area contributed by atoms with Gasteiger partial charge in [-0.15, -0.1) is 0 Å². The molecule has 2 amide bonds. The third kappa shape index (κ3) is 7.80. The van der Waals surface area contributed by atoms with Gasteiger partial charge in [-0.05, 0) is 84.9 Å². The van der Waals surface area contributed by atoms with Crippen LogP contribution in [0, 0.1) is 0 Å². The molecule has 2 atom stereocenters. The molecule has 1 aliphatic rings. The highest BCUT2D eigenvalue weighted by atomic mass is 16.6. The second-order valence-electron chi connectivity index (χ2n) is 12.8. The second kappa shape index (κ2) is 16.4. The molecule has 6 aromatic rings. The molecule has 0 bridgehead atoms. The van der Waals surface area contributed by atoms with Crippen LogP contribution in [0.1, 0.15) is 85.5 Å². The Bertz CT molecular complexity index is 2500. The number of imide groups is 1. The second-order valence-corrected chi connectivity index (χ2v) is 12.8. The number of ketones is 2. The van der Waals surface area contributed by atoms with Crippen molar-refractivity contribution < 1.29 is 47.7 Å². The highest BCUT2D eigenvalue weighted by Gasteiger charge is 2.38. The number of hydrogen-bond donors (Lipinski definition) is 0. The summed E-state index contributed by atoms with van der Waals surface area (Å²) in [4.78, 5) is 82.9. The first kappa shape index (κ1) is 37.6. The van der Waals surface area contributed by atoms with Gasteiger partial charge in [0.1, 0.15) is 11.5 Å². The molecule has 0 saturated carbocycles. The maximum Gasteiger partial charge on any atom is 0.339 e. The van der Waals surface area contributed by atoms with Gasteiger partial charge in [-0.3, -0.25) is 19.2 Å². The molecular weight excluding hydrogens is 727 g/mol. The van der Waals surface area contributed by atoms with Crippen LogP contribution in [0.3, 0.4) is 0 Å². The summed E-state index contributed by atoms with van der Waals surface area (Å²) < 4.78 is 22.0. The highest BCUT2D eigenvalue weighted by Crippen LogP contribution is 2.32. The van der Waals surface area contributed by atoms with Crippen LogP contribution in [0.2, 0.25) is 0 Å². The van der Waals surface area contributed by atoms with E-state index in [2.05, 4.69) is 0 Å². The molecule has 11 heteroatoms. The van der Waals surface area contributed by atoms with Crippen LogP contribution in [0.4, 0.5) is 5.69 Å². The van der Waals surface area contributed by atoms with Gasteiger partial charge in [0.2, 0.25) is 11.6 Å². The number of carbonyl (C=O) groups is 6. The third-order valence-corrected chi connectivity index (χ3v) is 9.34. The van der Waals surface area contributed by atoms with Crippen molar-refractivity contribution in [2.24, 2.45) is 0 Å². The molecule has 1 aliphatic heterocycles. The third-order valence-electron chi connectivity index (χ3n) is 9.34. The maximum atomic E-state index is 13.8. The fraction of sp³-hybridized carbons (Fsp3) is 0.0870. The molecule has 0 aliphatic carbocycles. The normalized spacial score (nSPS) is 12.9. The first-order valence-electron chi connectivity index (χ1n) is 17.7. The number of carbonyl (C=O) groups excluding carboxylic acids is 6. The fourth-order valence-corrected chi connectivity index (χ4v) is 6.34. The van der Waals surface area contributed by atoms with Gasteiger partial charge in [-0.25, -0.2) is 14.5 Å². The van der Waals surface area contributed by atoms with Crippen molar-refractivity contribution in [3.05, 3.63) is 196 Å². The summed E-state index contributed by atoms with van der Waals surface area (Å²) in [7, 11) is 3.01. The van der Waals surface area contributed by atoms with Crippen LogP contribution in [0.15, 0.2) is 152 Å². The molecule has 282 valence electrons. The SMILES string of the molecule is COc1ccc(C(=O)[C@@H](OC(=O)c2cccc(N3C(=O)c4ccc(C(=O)O[C@@H](C(=O)c5ccc(OC)cc5)c5ccccc5)cc4C3=O)c2)c2ccccc2)cc1. The van der Waals surface area contributed by atoms with Crippen molar-refractivity contribution in [3.8, 4) is 11.5 Å². The Hall–Kier alpha value is -7.66. The number of esters is 2. The van der Waals surface area contributed by atoms with Gasteiger partial charge in [0.15, 0.2) is 12.2 Å². The number of Topliss-reactive ketones (excluding diaryl/α,β-unsaturated/α-hetero) is 2. The van der Waals surface area contributed by atoms with Crippen LogP contribution in [-0.2, 0) is 9.47 Å². The summed E-state index contributed by atoms with van der Waals surface area (Å²) in [6, 6.07) is 39.4. The zero-order chi connectivity index (χ0) is 40.1. The lowest BCUT2D eigenvalue weighted by atomic mass is 9.99. The average molecular weight is 760 g/mol. The van der Waals surface area contributed by atoms with Crippen LogP contribution in [0.25, 0.3) is 0 Å². The van der Waals surface area contributed by atoms with Crippen LogP contribution in [-0.4, -0.2) is 49.5 Å². The van der Waals surface area contributed by atoms with E-state index in [0.717, 1.165) is 4.90 Å². The van der Waals surface area contributed by atoms with Crippen molar-refractivity contribution >= 4 is 41.0 Å². The number of amides is 2. The van der Waals surface area contributed by atoms with Crippen LogP contribution >= 0.6 is 0 Å². The van der Waals surface area contributed by atoms with E-state index >= 15 is 0 Å². The van der Waals surface area contributed by atoms with Crippen molar-refractivity contribution in [1.29, 1.82) is 0 Å². The minimum Gasteiger partial charge on any atom is -0.497 e. The van der Waals surface area contributed by atoms with E-state index in [-0.39, 0.29) is 33.5 Å². The molecule has 0 spiro atoms. The predicted molar refractivity (Wildman–Crippen MR) is 208 cm³/mol. The first-order valence-corrected chi connectivity index (χ1v) is 17.7. The Morgan fingerprint density at radius 3 is 1.37 bits per heavy atom. The molecule has 0 saturated heterocycles. The first-order chi connectivity index (χ1) is 27.7. The van der Waals surface area contributed by atoms with Crippen molar-refractivity contribution in [2.75, 3.05) is 19.1 Å². The minimum absolute atomic E-state index is 0.0210. The van der Waals surface area contributed by atoms with E-state index in [0.29, 0.717) is 28.2 Å². The van der Waals surface area contributed by atoms with E-state index in [1.54, 1.807) is 109 Å². The number of benzene rings is 6. The van der Waals surface area contributed by atoms with E-state index in [1.807, 2.05) is 0 Å². The zero-order valence-electron chi connectivity index (χ0n) is 30.6. The Balaban J connectivity index is 1.11. The number of methoxy groups -OCH3 is 2. The standard InChI is InChI=1S/C46H33NO10/c1-54-35-21-16-28(17-22-35)39(48)41(30-10-5-3-6-11-30)56-45(52)32-14-9-15-34(26-32)47-43(50)37-25-20-33(27-38(37)44(47)51)46(53)57-42(31-12-7-4-8-13-31)40(49)29-18-23-36(55-2)24-19-29/h3-27,41-42H,1-2H3/t41-,42+/m0/s1. The average Bonchev–Trinajstić information content (AvgIpc) is 3.52. The van der Waals surface area contributed by atoms with Gasteiger partial charge in [0.25, 0.3) is 11.8 Å². The largest absolute Gasteiger partial charge is 0.497 e. The molecular formula is C46H33NO10. The number of nitrogens with zero attached hydrogens (tertiary/aromatic N) is 1. The number of ether oxygens (including phenoxy) is 4. The van der Waals surface area contributed by atoms with Gasteiger partial charge in [-0.1, -0.05) is 66.7 Å². The molecule has 7 rings (SSSR count). The maximum absolute atomic E-state index is 13.8. The molecule has 0 radical (unpaired) electrons. The summed E-state index contributed by atoms with van der Waals surface area (Å²) in [6.45, 7) is 0. The van der Waals surface area contributed by atoms with Crippen LogP contribution < -0.4 is 14.4 Å². The molecule has 0 unspecified atom stereocenters. The lowest BCUT2D eigenvalue weighted by Crippen LogP contribution is -2.29. The number of anilines is 1. The number of fused-ring (bicyclic) bond motifs is 1. The molecule has 0 fully saturated rings. The topological polar surface area (TPSA) is 143 Å². The Morgan fingerprint density at radius 1 is 0.456 bits per heavy atom. The summed E-state index contributed by atoms with van der Waals surface area (Å²) in [5.74, 6) is -3.05. The molecule has 1 heterocycles. The Morgan fingerprint density at radius 2 is 0.895 bits per heavy atom. The monoisotopic (exact) mass is 759 g/mol. The summed E-state index contributed by atoms with van der Waals surface area (Å²) in [5, 5.41) is 0. The van der Waals surface area contributed by atoms with Gasteiger partial charge >= 0.3 is 11.9 Å². The zero-order valence-corrected chi connectivity index (χ0v) is 30.6. The quantitative estimate of drug-likeness (QED) is 0.0645. The van der Waals surface area contributed by atoms with Crippen molar-refractivity contribution in [3.63, 3.8) is 0 Å². The van der Waals surface area contributed by atoms with E-state index < -0.39 is 47.5 Å². The van der Waals surface area contributed by atoms with E-state index in [1.165, 1.54) is 56.7 Å². The lowest BCUT2D eigenvalue weighted by molar-refractivity contribution is 0.0278. The predicted octanol–water partition coefficient (Wildman–Crippen LogP) is 8.07. The molecule has 6 aromatic carbocycles.